The highest BCUT2D eigenvalue weighted by atomic mass is 16.5. The second-order valence-electron chi connectivity index (χ2n) is 9.84. The molecule has 0 aromatic heterocycles. The van der Waals surface area contributed by atoms with Gasteiger partial charge in [0.2, 0.25) is 11.8 Å². The third-order valence-corrected chi connectivity index (χ3v) is 8.05. The van der Waals surface area contributed by atoms with Crippen LogP contribution < -0.4 is 4.74 Å². The zero-order valence-corrected chi connectivity index (χ0v) is 19.2. The number of likely N-dealkylation sites (tertiary alicyclic amines) is 1. The number of imide groups is 1. The second kappa shape index (κ2) is 8.18. The predicted molar refractivity (Wildman–Crippen MR) is 124 cm³/mol. The summed E-state index contributed by atoms with van der Waals surface area (Å²) in [5, 5.41) is 0. The third-order valence-electron chi connectivity index (χ3n) is 8.05. The molecule has 1 heterocycles. The summed E-state index contributed by atoms with van der Waals surface area (Å²) in [6.45, 7) is 0. The van der Waals surface area contributed by atoms with Crippen molar-refractivity contribution in [3.63, 3.8) is 0 Å². The molecule has 2 aromatic rings. The number of hydrogen-bond acceptors (Lipinski definition) is 6. The molecule has 7 heteroatoms. The Morgan fingerprint density at radius 3 is 2.09 bits per heavy atom. The molecular formula is C28H25NO6. The van der Waals surface area contributed by atoms with Crippen LogP contribution in [-0.2, 0) is 25.5 Å². The van der Waals surface area contributed by atoms with E-state index in [1.807, 2.05) is 30.3 Å². The summed E-state index contributed by atoms with van der Waals surface area (Å²) in [6.07, 6.45) is 5.48. The van der Waals surface area contributed by atoms with Gasteiger partial charge in [0.15, 0.2) is 0 Å². The average Bonchev–Trinajstić information content (AvgIpc) is 3.67. The molecule has 4 aliphatic carbocycles. The Hall–Kier alpha value is -3.74. The Kier molecular flexibility index (Phi) is 5.09. The molecule has 0 N–H and O–H groups in total. The fourth-order valence-electron chi connectivity index (χ4n) is 6.37. The molecule has 3 fully saturated rings. The highest BCUT2D eigenvalue weighted by Crippen LogP contribution is 2.65. The fraction of sp³-hybridized carbons (Fsp3) is 0.357. The van der Waals surface area contributed by atoms with Crippen molar-refractivity contribution in [1.29, 1.82) is 0 Å². The molecule has 0 spiro atoms. The highest BCUT2D eigenvalue weighted by Gasteiger charge is 2.68. The maximum atomic E-state index is 13.7. The van der Waals surface area contributed by atoms with Crippen molar-refractivity contribution in [2.75, 3.05) is 7.11 Å². The molecule has 2 bridgehead atoms. The zero-order valence-electron chi connectivity index (χ0n) is 19.2. The van der Waals surface area contributed by atoms with E-state index in [0.717, 1.165) is 12.0 Å². The number of allylic oxidation sites excluding steroid dienone is 2. The number of esters is 2. The summed E-state index contributed by atoms with van der Waals surface area (Å²) in [4.78, 5) is 53.6. The largest absolute Gasteiger partial charge is 0.465 e. The Balaban J connectivity index is 1.29. The van der Waals surface area contributed by atoms with E-state index in [9.17, 15) is 19.2 Å². The van der Waals surface area contributed by atoms with E-state index in [4.69, 9.17) is 9.47 Å². The SMILES string of the molecule is COC(=O)c1ccc(OC(=O)[C@H](Cc2ccccc2)N2C(=O)[C@@H]3[C@H]4C=C[C@@H]([C@@H]5C[C@@H]45)[C@H]3C2=O)cc1. The molecule has 1 saturated heterocycles. The summed E-state index contributed by atoms with van der Waals surface area (Å²) < 4.78 is 10.3. The van der Waals surface area contributed by atoms with Gasteiger partial charge in [-0.25, -0.2) is 9.59 Å². The van der Waals surface area contributed by atoms with Crippen LogP contribution in [0.5, 0.6) is 5.75 Å². The van der Waals surface area contributed by atoms with Gasteiger partial charge in [-0.15, -0.1) is 0 Å². The lowest BCUT2D eigenvalue weighted by Crippen LogP contribution is -2.48. The van der Waals surface area contributed by atoms with Gasteiger partial charge in [-0.2, -0.15) is 0 Å². The first-order valence-corrected chi connectivity index (χ1v) is 12.0. The Bertz CT molecular complexity index is 1200. The van der Waals surface area contributed by atoms with Crippen molar-refractivity contribution in [1.82, 2.24) is 4.90 Å². The molecule has 0 radical (unpaired) electrons. The van der Waals surface area contributed by atoms with Crippen LogP contribution in [0, 0.1) is 35.5 Å². The summed E-state index contributed by atoms with van der Waals surface area (Å²) in [5.74, 6) is -1.11. The first-order chi connectivity index (χ1) is 17.0. The van der Waals surface area contributed by atoms with Crippen LogP contribution in [0.25, 0.3) is 0 Å². The molecule has 5 aliphatic rings. The maximum absolute atomic E-state index is 13.7. The van der Waals surface area contributed by atoms with Crippen molar-refractivity contribution in [2.45, 2.75) is 18.9 Å². The zero-order chi connectivity index (χ0) is 24.3. The van der Waals surface area contributed by atoms with E-state index in [2.05, 4.69) is 12.2 Å². The molecule has 7 nitrogen and oxygen atoms in total. The van der Waals surface area contributed by atoms with Crippen LogP contribution in [0.2, 0.25) is 0 Å². The monoisotopic (exact) mass is 471 g/mol. The van der Waals surface area contributed by atoms with Crippen LogP contribution in [0.3, 0.4) is 0 Å². The van der Waals surface area contributed by atoms with Crippen molar-refractivity contribution in [2.24, 2.45) is 35.5 Å². The van der Waals surface area contributed by atoms with E-state index < -0.39 is 18.0 Å². The lowest BCUT2D eigenvalue weighted by Gasteiger charge is -2.37. The van der Waals surface area contributed by atoms with Gasteiger partial charge >= 0.3 is 11.9 Å². The quantitative estimate of drug-likeness (QED) is 0.278. The van der Waals surface area contributed by atoms with Crippen LogP contribution in [0.4, 0.5) is 0 Å². The van der Waals surface area contributed by atoms with Crippen LogP contribution >= 0.6 is 0 Å². The van der Waals surface area contributed by atoms with Gasteiger partial charge in [0, 0.05) is 6.42 Å². The first-order valence-electron chi connectivity index (χ1n) is 12.0. The third kappa shape index (κ3) is 3.49. The highest BCUT2D eigenvalue weighted by molar-refractivity contribution is 6.09. The standard InChI is InChI=1S/C28H25NO6/c1-34-27(32)16-7-9-17(10-8-16)35-28(33)22(13-15-5-3-2-4-6-15)29-25(30)23-18-11-12-19(21-14-20(18)21)24(23)26(29)31/h2-12,18-24H,13-14H2,1H3/t18-,19-,20-,21-,22-,23+,24+/m0/s1. The normalized spacial score (nSPS) is 30.5. The minimum atomic E-state index is -1.07. The average molecular weight is 472 g/mol. The Morgan fingerprint density at radius 2 is 1.51 bits per heavy atom. The number of carbonyl (C=O) groups excluding carboxylic acids is 4. The fourth-order valence-corrected chi connectivity index (χ4v) is 6.37. The van der Waals surface area contributed by atoms with Crippen molar-refractivity contribution in [3.05, 3.63) is 77.9 Å². The summed E-state index contributed by atoms with van der Waals surface area (Å²) in [6, 6.07) is 14.2. The molecule has 2 amide bonds. The van der Waals surface area contributed by atoms with Gasteiger partial charge in [0.25, 0.3) is 0 Å². The van der Waals surface area contributed by atoms with Gasteiger partial charge in [0.1, 0.15) is 11.8 Å². The number of carbonyl (C=O) groups is 4. The number of methoxy groups -OCH3 is 1. The van der Waals surface area contributed by atoms with Gasteiger partial charge in [-0.3, -0.25) is 14.5 Å². The molecular weight excluding hydrogens is 446 g/mol. The van der Waals surface area contributed by atoms with Crippen LogP contribution in [0.15, 0.2) is 66.7 Å². The molecule has 1 aliphatic heterocycles. The van der Waals surface area contributed by atoms with E-state index in [1.165, 1.54) is 36.3 Å². The maximum Gasteiger partial charge on any atom is 0.337 e. The van der Waals surface area contributed by atoms with Crippen LogP contribution in [0.1, 0.15) is 22.3 Å². The molecule has 178 valence electrons. The summed E-state index contributed by atoms with van der Waals surface area (Å²) in [7, 11) is 1.29. The van der Waals surface area contributed by atoms with E-state index >= 15 is 0 Å². The number of ether oxygens (including phenoxy) is 2. The summed E-state index contributed by atoms with van der Waals surface area (Å²) in [5.41, 5.74) is 1.15. The second-order valence-corrected chi connectivity index (χ2v) is 9.84. The lowest BCUT2D eigenvalue weighted by atomic mass is 9.63. The Labute approximate surface area is 202 Å². The van der Waals surface area contributed by atoms with Crippen LogP contribution in [-0.4, -0.2) is 41.8 Å². The molecule has 0 unspecified atom stereocenters. The van der Waals surface area contributed by atoms with Gasteiger partial charge in [0.05, 0.1) is 24.5 Å². The molecule has 35 heavy (non-hydrogen) atoms. The van der Waals surface area contributed by atoms with Gasteiger partial charge < -0.3 is 9.47 Å². The molecule has 2 saturated carbocycles. The number of benzene rings is 2. The molecule has 2 aromatic carbocycles. The van der Waals surface area contributed by atoms with Crippen molar-refractivity contribution >= 4 is 23.8 Å². The predicted octanol–water partition coefficient (Wildman–Crippen LogP) is 3.04. The van der Waals surface area contributed by atoms with E-state index in [-0.39, 0.29) is 47.7 Å². The Morgan fingerprint density at radius 1 is 0.914 bits per heavy atom. The lowest BCUT2D eigenvalue weighted by molar-refractivity contribution is -0.153. The minimum Gasteiger partial charge on any atom is -0.465 e. The van der Waals surface area contributed by atoms with Crippen molar-refractivity contribution in [3.8, 4) is 5.75 Å². The van der Waals surface area contributed by atoms with Gasteiger partial charge in [-0.1, -0.05) is 42.5 Å². The van der Waals surface area contributed by atoms with E-state index in [1.54, 1.807) is 0 Å². The van der Waals surface area contributed by atoms with Gasteiger partial charge in [-0.05, 0) is 59.9 Å². The number of rotatable bonds is 6. The summed E-state index contributed by atoms with van der Waals surface area (Å²) >= 11 is 0. The van der Waals surface area contributed by atoms with E-state index in [0.29, 0.717) is 17.4 Å². The topological polar surface area (TPSA) is 90.0 Å². The molecule has 7 rings (SSSR count). The minimum absolute atomic E-state index is 0.0794. The molecule has 7 atom stereocenters. The van der Waals surface area contributed by atoms with Crippen molar-refractivity contribution < 1.29 is 28.7 Å². The first kappa shape index (κ1) is 21.8. The number of hydrogen-bond donors (Lipinski definition) is 0. The smallest absolute Gasteiger partial charge is 0.337 e. The number of amides is 2. The number of nitrogens with zero attached hydrogens (tertiary/aromatic N) is 1.